The number of para-hydroxylation sites is 1. The normalized spacial score (nSPS) is 28.0. The van der Waals surface area contributed by atoms with E-state index < -0.39 is 6.04 Å². The number of aromatic nitrogens is 4. The molecule has 2 aromatic carbocycles. The van der Waals surface area contributed by atoms with Gasteiger partial charge in [-0.2, -0.15) is 5.10 Å². The van der Waals surface area contributed by atoms with Gasteiger partial charge in [0.1, 0.15) is 11.8 Å². The Bertz CT molecular complexity index is 2010. The number of amides is 2. The quantitative estimate of drug-likeness (QED) is 0.245. The highest BCUT2D eigenvalue weighted by Crippen LogP contribution is 2.52. The second-order valence-electron chi connectivity index (χ2n) is 15.9. The highest BCUT2D eigenvalue weighted by atomic mass is 16.3. The molecule has 3 N–H and O–H groups in total. The molecule has 13 nitrogen and oxygen atoms in total. The van der Waals surface area contributed by atoms with Gasteiger partial charge in [-0.1, -0.05) is 12.1 Å². The van der Waals surface area contributed by atoms with Gasteiger partial charge in [0.05, 0.1) is 29.1 Å². The van der Waals surface area contributed by atoms with Gasteiger partial charge in [0.15, 0.2) is 5.82 Å². The van der Waals surface area contributed by atoms with Crippen molar-refractivity contribution in [3.05, 3.63) is 54.7 Å². The molecule has 13 heteroatoms. The summed E-state index contributed by atoms with van der Waals surface area (Å²) in [4.78, 5) is 34.7. The number of carbonyl (C=O) groups excluding carboxylic acids is 2. The lowest BCUT2D eigenvalue weighted by Crippen LogP contribution is -2.58. The number of piperidine rings is 3. The Kier molecular flexibility index (Phi) is 7.82. The maximum atomic E-state index is 12.6. The van der Waals surface area contributed by atoms with Crippen LogP contribution in [0.15, 0.2) is 54.7 Å². The molecule has 0 spiro atoms. The largest absolute Gasteiger partial charge is 0.507 e. The lowest BCUT2D eigenvalue weighted by atomic mass is 9.95. The van der Waals surface area contributed by atoms with Crippen LogP contribution in [0.3, 0.4) is 0 Å². The van der Waals surface area contributed by atoms with E-state index in [0.29, 0.717) is 30.1 Å². The standard InChI is InChI=1S/C39H46N10O3/c50-36-4-2-1-3-28(36)32-16-35-38(44-43-32)40-18-27-20-45(13-14-48(27)35)21-29-30-22-46(23-31(29)30)19-24-9-11-47(12-10-24)26-6-5-25-17-41-49(34(25)15-26)33-7-8-37(51)42-39(33)52/h1-6,15-17,24,27,29-31,33,50H,7-14,18-23H2,(H,40,44)(H,42,51,52)/t27-,29?,30-,31+,33?/m0/s1. The van der Waals surface area contributed by atoms with Crippen molar-refractivity contribution < 1.29 is 14.7 Å². The molecule has 0 radical (unpaired) electrons. The van der Waals surface area contributed by atoms with Crippen molar-refractivity contribution in [1.82, 2.24) is 35.1 Å². The van der Waals surface area contributed by atoms with Crippen LogP contribution in [-0.2, 0) is 9.59 Å². The van der Waals surface area contributed by atoms with Crippen molar-refractivity contribution in [2.24, 2.45) is 23.7 Å². The van der Waals surface area contributed by atoms with Crippen LogP contribution < -0.4 is 20.4 Å². The molecule has 2 amide bonds. The van der Waals surface area contributed by atoms with Crippen LogP contribution >= 0.6 is 0 Å². The number of phenolic OH excluding ortho intramolecular Hbond substituents is 1. The fraction of sp³-hybridized carbons (Fsp3) is 0.513. The number of carbonyl (C=O) groups is 2. The first kappa shape index (κ1) is 31.9. The Morgan fingerprint density at radius 2 is 1.71 bits per heavy atom. The number of likely N-dealkylation sites (tertiary alicyclic amines) is 1. The van der Waals surface area contributed by atoms with Gasteiger partial charge in [-0.05, 0) is 79.3 Å². The number of piperazine rings is 1. The fourth-order valence-electron chi connectivity index (χ4n) is 9.92. The average molecular weight is 703 g/mol. The lowest BCUT2D eigenvalue weighted by Gasteiger charge is -2.46. The number of aromatic hydroxyl groups is 1. The first-order valence-corrected chi connectivity index (χ1v) is 19.1. The van der Waals surface area contributed by atoms with Crippen LogP contribution in [0.4, 0.5) is 17.2 Å². The predicted molar refractivity (Wildman–Crippen MR) is 198 cm³/mol. The number of fused-ring (bicyclic) bond motifs is 5. The molecule has 270 valence electrons. The maximum Gasteiger partial charge on any atom is 0.251 e. The van der Waals surface area contributed by atoms with Gasteiger partial charge in [-0.25, -0.2) is 0 Å². The second-order valence-corrected chi connectivity index (χ2v) is 15.9. The number of hydrogen-bond donors (Lipinski definition) is 3. The van der Waals surface area contributed by atoms with Gasteiger partial charge in [-0.15, -0.1) is 10.2 Å². The summed E-state index contributed by atoms with van der Waals surface area (Å²) in [7, 11) is 0. The number of nitrogens with zero attached hydrogens (tertiary/aromatic N) is 8. The first-order valence-electron chi connectivity index (χ1n) is 19.1. The number of anilines is 3. The SMILES string of the molecule is O=C1CCC(n2ncc3ccc(N4CCC(CN5C[C@@H]6C(CN7CCN8c9cc(-c%10ccccc%10O)nnc9NC[C@H]8C7)[C@@H]6C5)CC4)cc32)C(=O)N1. The van der Waals surface area contributed by atoms with Crippen molar-refractivity contribution in [2.45, 2.75) is 37.8 Å². The number of nitrogens with one attached hydrogen (secondary N) is 2. The summed E-state index contributed by atoms with van der Waals surface area (Å²) in [6, 6.07) is 15.8. The number of hydrogen-bond acceptors (Lipinski definition) is 11. The third-order valence-electron chi connectivity index (χ3n) is 12.8. The predicted octanol–water partition coefficient (Wildman–Crippen LogP) is 3.19. The Morgan fingerprint density at radius 1 is 0.865 bits per heavy atom. The molecule has 7 heterocycles. The highest BCUT2D eigenvalue weighted by Gasteiger charge is 2.56. The van der Waals surface area contributed by atoms with Gasteiger partial charge < -0.3 is 25.1 Å². The van der Waals surface area contributed by atoms with E-state index in [1.165, 1.54) is 44.7 Å². The van der Waals surface area contributed by atoms with E-state index >= 15 is 0 Å². The van der Waals surface area contributed by atoms with Gasteiger partial charge in [0.2, 0.25) is 5.91 Å². The molecular formula is C39H46N10O3. The van der Waals surface area contributed by atoms with Crippen LogP contribution in [0.2, 0.25) is 0 Å². The summed E-state index contributed by atoms with van der Waals surface area (Å²) in [5, 5.41) is 30.8. The van der Waals surface area contributed by atoms with E-state index in [9.17, 15) is 14.7 Å². The molecule has 5 aliphatic heterocycles. The molecule has 52 heavy (non-hydrogen) atoms. The number of rotatable bonds is 7. The molecule has 4 saturated heterocycles. The van der Waals surface area contributed by atoms with Crippen molar-refractivity contribution in [2.75, 3.05) is 80.6 Å². The number of imide groups is 1. The van der Waals surface area contributed by atoms with Crippen LogP contribution in [0, 0.1) is 23.7 Å². The van der Waals surface area contributed by atoms with Crippen LogP contribution in [-0.4, -0.2) is 118 Å². The van der Waals surface area contributed by atoms with Gasteiger partial charge in [0, 0.05) is 88.5 Å². The molecular weight excluding hydrogens is 656 g/mol. The van der Waals surface area contributed by atoms with Gasteiger partial charge in [0.25, 0.3) is 5.91 Å². The second kappa shape index (κ2) is 12.7. The fourth-order valence-corrected chi connectivity index (χ4v) is 9.92. The lowest BCUT2D eigenvalue weighted by molar-refractivity contribution is -0.135. The van der Waals surface area contributed by atoms with Crippen molar-refractivity contribution in [3.8, 4) is 17.0 Å². The molecule has 1 saturated carbocycles. The van der Waals surface area contributed by atoms with E-state index in [0.717, 1.165) is 85.3 Å². The highest BCUT2D eigenvalue weighted by molar-refractivity contribution is 6.00. The Hall–Kier alpha value is -4.75. The molecule has 0 bridgehead atoms. The molecule has 5 fully saturated rings. The minimum atomic E-state index is -0.442. The van der Waals surface area contributed by atoms with Gasteiger partial charge in [-0.3, -0.25) is 24.5 Å². The van der Waals surface area contributed by atoms with Gasteiger partial charge >= 0.3 is 0 Å². The Morgan fingerprint density at radius 3 is 2.54 bits per heavy atom. The van der Waals surface area contributed by atoms with Crippen LogP contribution in [0.1, 0.15) is 31.7 Å². The Balaban J connectivity index is 0.697. The molecule has 5 atom stereocenters. The third-order valence-corrected chi connectivity index (χ3v) is 12.8. The zero-order chi connectivity index (χ0) is 34.9. The summed E-state index contributed by atoms with van der Waals surface area (Å²) in [5.41, 5.74) is 4.65. The summed E-state index contributed by atoms with van der Waals surface area (Å²) in [6.07, 6.45) is 5.04. The maximum absolute atomic E-state index is 12.6. The molecule has 2 unspecified atom stereocenters. The molecule has 2 aromatic heterocycles. The van der Waals surface area contributed by atoms with E-state index in [1.54, 1.807) is 10.7 Å². The summed E-state index contributed by atoms with van der Waals surface area (Å²) in [5.74, 6) is 3.85. The van der Waals surface area contributed by atoms with E-state index in [1.807, 2.05) is 24.4 Å². The average Bonchev–Trinajstić information content (AvgIpc) is 3.44. The Labute approximate surface area is 302 Å². The smallest absolute Gasteiger partial charge is 0.251 e. The van der Waals surface area contributed by atoms with Crippen molar-refractivity contribution in [1.29, 1.82) is 0 Å². The zero-order valence-electron chi connectivity index (χ0n) is 29.4. The zero-order valence-corrected chi connectivity index (χ0v) is 29.4. The molecule has 1 aliphatic carbocycles. The summed E-state index contributed by atoms with van der Waals surface area (Å²) >= 11 is 0. The van der Waals surface area contributed by atoms with Crippen molar-refractivity contribution >= 4 is 39.9 Å². The monoisotopic (exact) mass is 702 g/mol. The topological polar surface area (TPSA) is 135 Å². The first-order chi connectivity index (χ1) is 25.4. The van der Waals surface area contributed by atoms with Crippen LogP contribution in [0.25, 0.3) is 22.2 Å². The van der Waals surface area contributed by atoms with E-state index in [4.69, 9.17) is 0 Å². The third kappa shape index (κ3) is 5.74. The summed E-state index contributed by atoms with van der Waals surface area (Å²) < 4.78 is 1.80. The van der Waals surface area contributed by atoms with Crippen LogP contribution in [0.5, 0.6) is 5.75 Å². The molecule has 6 aliphatic rings. The minimum Gasteiger partial charge on any atom is -0.507 e. The van der Waals surface area contributed by atoms with E-state index in [-0.39, 0.29) is 17.6 Å². The molecule has 4 aromatic rings. The summed E-state index contributed by atoms with van der Waals surface area (Å²) in [6.45, 7) is 11.0. The number of phenols is 1. The van der Waals surface area contributed by atoms with Crippen molar-refractivity contribution in [3.63, 3.8) is 0 Å². The molecule has 10 rings (SSSR count). The number of benzene rings is 2. The minimum absolute atomic E-state index is 0.204. The van der Waals surface area contributed by atoms with E-state index in [2.05, 4.69) is 69.8 Å².